The number of aryl methyl sites for hydroxylation is 1. The number of rotatable bonds is 5. The molecule has 2 aromatic carbocycles. The fourth-order valence-corrected chi connectivity index (χ4v) is 3.73. The minimum Gasteiger partial charge on any atom is -0.386 e. The van der Waals surface area contributed by atoms with E-state index in [9.17, 15) is 4.39 Å². The van der Waals surface area contributed by atoms with Crippen molar-refractivity contribution in [2.75, 3.05) is 0 Å². The number of benzene rings is 2. The van der Waals surface area contributed by atoms with E-state index in [1.807, 2.05) is 18.2 Å². The van der Waals surface area contributed by atoms with E-state index in [1.165, 1.54) is 32.1 Å². The first-order valence-corrected chi connectivity index (χ1v) is 9.14. The summed E-state index contributed by atoms with van der Waals surface area (Å²) in [5.41, 5.74) is 2.54. The lowest BCUT2D eigenvalue weighted by atomic mass is 9.80. The SMILES string of the molecule is CC1CCC(CCc2ccc(-c3ccc(OCl)cc3)c(F)c2)CC1. The maximum Gasteiger partial charge on any atom is 0.146 e. The van der Waals surface area contributed by atoms with Crippen LogP contribution in [0, 0.1) is 17.7 Å². The molecule has 0 bridgehead atoms. The molecule has 1 aliphatic rings. The average Bonchev–Trinajstić information content (AvgIpc) is 2.61. The smallest absolute Gasteiger partial charge is 0.146 e. The molecule has 1 aliphatic carbocycles. The highest BCUT2D eigenvalue weighted by molar-refractivity contribution is 6.09. The van der Waals surface area contributed by atoms with Crippen LogP contribution in [0.15, 0.2) is 42.5 Å². The fourth-order valence-electron chi connectivity index (χ4n) is 3.62. The molecule has 0 amide bonds. The van der Waals surface area contributed by atoms with Gasteiger partial charge in [0.25, 0.3) is 0 Å². The fraction of sp³-hybridized carbons (Fsp3) is 0.429. The Bertz CT molecular complexity index is 660. The molecule has 0 N–H and O–H groups in total. The van der Waals surface area contributed by atoms with Crippen LogP contribution in [0.4, 0.5) is 4.39 Å². The second-order valence-corrected chi connectivity index (χ2v) is 7.23. The summed E-state index contributed by atoms with van der Waals surface area (Å²) in [6.45, 7) is 2.34. The summed E-state index contributed by atoms with van der Waals surface area (Å²) >= 11 is 5.31. The Labute approximate surface area is 149 Å². The second-order valence-electron chi connectivity index (χ2n) is 7.08. The van der Waals surface area contributed by atoms with E-state index < -0.39 is 0 Å². The van der Waals surface area contributed by atoms with Gasteiger partial charge >= 0.3 is 0 Å². The van der Waals surface area contributed by atoms with Crippen molar-refractivity contribution in [3.63, 3.8) is 0 Å². The van der Waals surface area contributed by atoms with Gasteiger partial charge in [-0.15, -0.1) is 0 Å². The van der Waals surface area contributed by atoms with Gasteiger partial charge in [0.05, 0.1) is 0 Å². The van der Waals surface area contributed by atoms with Crippen molar-refractivity contribution in [1.29, 1.82) is 0 Å². The maximum absolute atomic E-state index is 14.5. The summed E-state index contributed by atoms with van der Waals surface area (Å²) in [5.74, 6) is 2.09. The largest absolute Gasteiger partial charge is 0.386 e. The molecule has 0 saturated heterocycles. The highest BCUT2D eigenvalue weighted by atomic mass is 35.5. The number of halogens is 2. The van der Waals surface area contributed by atoms with Crippen molar-refractivity contribution >= 4 is 11.9 Å². The molecule has 3 rings (SSSR count). The van der Waals surface area contributed by atoms with Crippen molar-refractivity contribution in [2.45, 2.75) is 45.4 Å². The molecule has 24 heavy (non-hydrogen) atoms. The van der Waals surface area contributed by atoms with Gasteiger partial charge in [0.2, 0.25) is 0 Å². The van der Waals surface area contributed by atoms with Crippen molar-refractivity contribution in [3.05, 3.63) is 53.8 Å². The maximum atomic E-state index is 14.5. The highest BCUT2D eigenvalue weighted by Crippen LogP contribution is 2.32. The molecule has 0 atom stereocenters. The normalized spacial score (nSPS) is 20.8. The van der Waals surface area contributed by atoms with Gasteiger partial charge in [-0.3, -0.25) is 0 Å². The van der Waals surface area contributed by atoms with Gasteiger partial charge in [-0.25, -0.2) is 4.39 Å². The zero-order chi connectivity index (χ0) is 16.9. The Morgan fingerprint density at radius 2 is 1.75 bits per heavy atom. The van der Waals surface area contributed by atoms with Crippen LogP contribution >= 0.6 is 11.9 Å². The molecule has 1 fully saturated rings. The quantitative estimate of drug-likeness (QED) is 0.579. The summed E-state index contributed by atoms with van der Waals surface area (Å²) < 4.78 is 19.1. The van der Waals surface area contributed by atoms with Gasteiger partial charge in [-0.05, 0) is 54.0 Å². The molecule has 1 nitrogen and oxygen atoms in total. The molecular weight excluding hydrogens is 323 g/mol. The summed E-state index contributed by atoms with van der Waals surface area (Å²) in [5, 5.41) is 0. The number of hydrogen-bond donors (Lipinski definition) is 0. The Balaban J connectivity index is 1.63. The zero-order valence-electron chi connectivity index (χ0n) is 14.1. The lowest BCUT2D eigenvalue weighted by molar-refractivity contribution is 0.277. The van der Waals surface area contributed by atoms with Crippen molar-refractivity contribution in [1.82, 2.24) is 0 Å². The first kappa shape index (κ1) is 17.3. The van der Waals surface area contributed by atoms with Crippen LogP contribution < -0.4 is 4.29 Å². The van der Waals surface area contributed by atoms with E-state index in [-0.39, 0.29) is 5.82 Å². The van der Waals surface area contributed by atoms with Gasteiger partial charge in [-0.1, -0.05) is 56.9 Å². The minimum atomic E-state index is -0.163. The standard InChI is InChI=1S/C21H24ClFO/c1-15-2-4-16(5-3-15)6-7-17-8-13-20(21(23)14-17)18-9-11-19(24-22)12-10-18/h8-16H,2-7H2,1H3. The lowest BCUT2D eigenvalue weighted by Crippen LogP contribution is -2.12. The first-order valence-electron chi connectivity index (χ1n) is 8.83. The van der Waals surface area contributed by atoms with Crippen LogP contribution in [-0.4, -0.2) is 0 Å². The molecule has 1 saturated carbocycles. The van der Waals surface area contributed by atoms with Crippen LogP contribution in [0.25, 0.3) is 11.1 Å². The molecule has 128 valence electrons. The Kier molecular flexibility index (Phi) is 5.78. The third-order valence-electron chi connectivity index (χ3n) is 5.26. The third kappa shape index (κ3) is 4.30. The monoisotopic (exact) mass is 346 g/mol. The molecule has 0 spiro atoms. The summed E-state index contributed by atoms with van der Waals surface area (Å²) in [7, 11) is 0. The van der Waals surface area contributed by atoms with Crippen molar-refractivity contribution < 1.29 is 8.68 Å². The van der Waals surface area contributed by atoms with E-state index in [1.54, 1.807) is 18.2 Å². The summed E-state index contributed by atoms with van der Waals surface area (Å²) in [6.07, 6.45) is 7.50. The zero-order valence-corrected chi connectivity index (χ0v) is 14.9. The Morgan fingerprint density at radius 3 is 2.38 bits per heavy atom. The highest BCUT2D eigenvalue weighted by Gasteiger charge is 2.18. The van der Waals surface area contributed by atoms with Crippen LogP contribution in [0.1, 0.15) is 44.6 Å². The summed E-state index contributed by atoms with van der Waals surface area (Å²) in [6, 6.07) is 12.7. The van der Waals surface area contributed by atoms with Crippen molar-refractivity contribution in [3.8, 4) is 16.9 Å². The summed E-state index contributed by atoms with van der Waals surface area (Å²) in [4.78, 5) is 0. The van der Waals surface area contributed by atoms with Gasteiger partial charge in [0.15, 0.2) is 0 Å². The Morgan fingerprint density at radius 1 is 1.04 bits per heavy atom. The van der Waals surface area contributed by atoms with E-state index >= 15 is 0 Å². The topological polar surface area (TPSA) is 9.23 Å². The molecule has 3 heteroatoms. The van der Waals surface area contributed by atoms with Gasteiger partial charge in [0, 0.05) is 5.56 Å². The lowest BCUT2D eigenvalue weighted by Gasteiger charge is -2.26. The van der Waals surface area contributed by atoms with Crippen LogP contribution in [0.2, 0.25) is 0 Å². The molecular formula is C21H24ClFO. The molecule has 0 aliphatic heterocycles. The van der Waals surface area contributed by atoms with Crippen LogP contribution in [0.5, 0.6) is 5.75 Å². The van der Waals surface area contributed by atoms with E-state index in [0.29, 0.717) is 11.3 Å². The minimum absolute atomic E-state index is 0.163. The predicted molar refractivity (Wildman–Crippen MR) is 97.8 cm³/mol. The van der Waals surface area contributed by atoms with E-state index in [0.717, 1.165) is 29.4 Å². The van der Waals surface area contributed by atoms with E-state index in [4.69, 9.17) is 11.9 Å². The third-order valence-corrected chi connectivity index (χ3v) is 5.44. The van der Waals surface area contributed by atoms with Crippen LogP contribution in [-0.2, 0) is 6.42 Å². The van der Waals surface area contributed by atoms with Gasteiger partial charge in [-0.2, -0.15) is 0 Å². The number of hydrogen-bond acceptors (Lipinski definition) is 1. The molecule has 2 aromatic rings. The Hall–Kier alpha value is -1.54. The average molecular weight is 347 g/mol. The van der Waals surface area contributed by atoms with Crippen LogP contribution in [0.3, 0.4) is 0 Å². The molecule has 0 aromatic heterocycles. The molecule has 0 radical (unpaired) electrons. The predicted octanol–water partition coefficient (Wildman–Crippen LogP) is 6.78. The van der Waals surface area contributed by atoms with E-state index in [2.05, 4.69) is 17.3 Å². The molecule has 0 unspecified atom stereocenters. The second kappa shape index (κ2) is 8.02. The first-order chi connectivity index (χ1) is 11.7. The van der Waals surface area contributed by atoms with Gasteiger partial charge < -0.3 is 4.29 Å². The molecule has 0 heterocycles. The van der Waals surface area contributed by atoms with Gasteiger partial charge in [0.1, 0.15) is 23.4 Å². The van der Waals surface area contributed by atoms with Crippen molar-refractivity contribution in [2.24, 2.45) is 11.8 Å².